The van der Waals surface area contributed by atoms with Gasteiger partial charge in [-0.2, -0.15) is 0 Å². The number of benzene rings is 3. The Labute approximate surface area is 259 Å². The molecule has 0 saturated carbocycles. The second-order valence-corrected chi connectivity index (χ2v) is 11.1. The van der Waals surface area contributed by atoms with E-state index in [-0.39, 0.29) is 56.3 Å². The molecule has 0 atom stereocenters. The smallest absolute Gasteiger partial charge is 0.493 e. The van der Waals surface area contributed by atoms with Crippen molar-refractivity contribution in [2.75, 3.05) is 0 Å². The van der Waals surface area contributed by atoms with Crippen LogP contribution in [0, 0.1) is 11.5 Å². The number of aromatic nitrogens is 1. The Morgan fingerprint density at radius 1 is 1.06 bits per heavy atom. The van der Waals surface area contributed by atoms with Crippen molar-refractivity contribution in [3.8, 4) is 28.0 Å². The normalized spacial score (nSPS) is 10.9. The Bertz CT molecular complexity index is 1440. The molecule has 0 aliphatic carbocycles. The number of sulfonamides is 1. The van der Waals surface area contributed by atoms with Crippen LogP contribution in [0.3, 0.4) is 0 Å². The molecule has 11 heteroatoms. The van der Waals surface area contributed by atoms with E-state index >= 15 is 0 Å². The van der Waals surface area contributed by atoms with Crippen molar-refractivity contribution in [3.63, 3.8) is 0 Å². The number of hydrogen-bond donors (Lipinski definition) is 0. The van der Waals surface area contributed by atoms with E-state index in [0.717, 1.165) is 16.8 Å². The van der Waals surface area contributed by atoms with Gasteiger partial charge in [0.15, 0.2) is 0 Å². The van der Waals surface area contributed by atoms with Gasteiger partial charge in [-0.1, -0.05) is 71.9 Å². The number of hydrogen-bond acceptors (Lipinski definition) is 6. The molecule has 0 bridgehead atoms. The molecule has 1 heterocycles. The van der Waals surface area contributed by atoms with Crippen LogP contribution in [-0.2, 0) is 15.8 Å². The van der Waals surface area contributed by atoms with Crippen molar-refractivity contribution < 1.29 is 59.8 Å². The summed E-state index contributed by atoms with van der Waals surface area (Å²) < 4.78 is 28.6. The molecule has 0 amide bonds. The molecule has 0 fully saturated rings. The van der Waals surface area contributed by atoms with Gasteiger partial charge in [0.05, 0.1) is 15.6 Å². The third-order valence-corrected chi connectivity index (χ3v) is 8.50. The van der Waals surface area contributed by atoms with Gasteiger partial charge in [0.25, 0.3) is 0 Å². The topological polar surface area (TPSA) is 84.9 Å². The standard InChI is InChI=1S/C23H14Cl2N3O2S3.K/c24-17-8-6-16(7-9-17)20-13-32-23(28-20)18-10-22(33(29,30)27-14-26)21(11-19(18)25)31-12-15-4-2-1-3-5-15;/h1-11,13H,12H2;/q-1;+1. The SMILES string of the molecule is N#C[N-]S(=O)(=O)c1cc(-c2nc(-c3ccc(Cl)cc3)cs2)c(Cl)cc1SCc1ccccc1.[K+]. The molecule has 0 N–H and O–H groups in total. The van der Waals surface area contributed by atoms with Crippen molar-refractivity contribution in [1.29, 1.82) is 5.26 Å². The number of nitriles is 1. The van der Waals surface area contributed by atoms with E-state index in [0.29, 0.717) is 31.3 Å². The number of rotatable bonds is 7. The minimum Gasteiger partial charge on any atom is -0.493 e. The molecule has 0 aliphatic rings. The van der Waals surface area contributed by atoms with Gasteiger partial charge < -0.3 is 9.98 Å². The molecule has 0 saturated heterocycles. The van der Waals surface area contributed by atoms with Gasteiger partial charge in [-0.15, -0.1) is 23.1 Å². The van der Waals surface area contributed by atoms with Crippen molar-refractivity contribution in [2.24, 2.45) is 0 Å². The first kappa shape index (κ1) is 27.7. The van der Waals surface area contributed by atoms with Crippen LogP contribution < -0.4 is 51.4 Å². The number of halogens is 2. The molecule has 3 aromatic carbocycles. The van der Waals surface area contributed by atoms with E-state index in [9.17, 15) is 8.42 Å². The van der Waals surface area contributed by atoms with Gasteiger partial charge in [-0.25, -0.2) is 13.4 Å². The molecule has 0 unspecified atom stereocenters. The zero-order valence-corrected chi connectivity index (χ0v) is 24.9. The average Bonchev–Trinajstić information content (AvgIpc) is 3.28. The van der Waals surface area contributed by atoms with E-state index in [1.807, 2.05) is 47.8 Å². The summed E-state index contributed by atoms with van der Waals surface area (Å²) in [5, 5.41) is 12.3. The summed E-state index contributed by atoms with van der Waals surface area (Å²) in [6.07, 6.45) is 1.38. The van der Waals surface area contributed by atoms with E-state index in [4.69, 9.17) is 28.5 Å². The predicted octanol–water partition coefficient (Wildman–Crippen LogP) is 4.62. The number of nitrogens with zero attached hydrogens (tertiary/aromatic N) is 3. The van der Waals surface area contributed by atoms with E-state index in [2.05, 4.69) is 9.71 Å². The molecule has 5 nitrogen and oxygen atoms in total. The van der Waals surface area contributed by atoms with Gasteiger partial charge in [-0.3, -0.25) is 0 Å². The Morgan fingerprint density at radius 2 is 1.76 bits per heavy atom. The third-order valence-electron chi connectivity index (χ3n) is 4.58. The van der Waals surface area contributed by atoms with E-state index in [1.54, 1.807) is 18.2 Å². The Hall–Kier alpha value is -0.904. The van der Waals surface area contributed by atoms with Gasteiger partial charge in [0.1, 0.15) is 5.01 Å². The molecule has 0 radical (unpaired) electrons. The summed E-state index contributed by atoms with van der Waals surface area (Å²) in [6, 6.07) is 19.9. The first-order chi connectivity index (χ1) is 15.9. The van der Waals surface area contributed by atoms with Crippen LogP contribution in [0.4, 0.5) is 0 Å². The maximum Gasteiger partial charge on any atom is 1.00 e. The third kappa shape index (κ3) is 6.65. The van der Waals surface area contributed by atoms with Crippen LogP contribution in [0.2, 0.25) is 10.0 Å². The average molecular weight is 571 g/mol. The number of thioether (sulfide) groups is 1. The molecule has 4 aromatic rings. The van der Waals surface area contributed by atoms with E-state index < -0.39 is 10.0 Å². The Balaban J connectivity index is 0.00000324. The summed E-state index contributed by atoms with van der Waals surface area (Å²) >= 11 is 15.2. The zero-order chi connectivity index (χ0) is 23.4. The molecule has 0 aliphatic heterocycles. The quantitative estimate of drug-likeness (QED) is 0.184. The van der Waals surface area contributed by atoms with Crippen LogP contribution >= 0.6 is 46.3 Å². The molecule has 166 valence electrons. The Kier molecular flexibility index (Phi) is 10.1. The van der Waals surface area contributed by atoms with Crippen molar-refractivity contribution in [3.05, 3.63) is 92.4 Å². The van der Waals surface area contributed by atoms with Gasteiger partial charge in [0, 0.05) is 32.2 Å². The van der Waals surface area contributed by atoms with E-state index in [1.165, 1.54) is 35.4 Å². The maximum atomic E-state index is 12.7. The van der Waals surface area contributed by atoms with Crippen LogP contribution in [0.5, 0.6) is 0 Å². The summed E-state index contributed by atoms with van der Waals surface area (Å²) in [7, 11) is -4.20. The fraction of sp³-hybridized carbons (Fsp3) is 0.0435. The maximum absolute atomic E-state index is 12.7. The minimum absolute atomic E-state index is 0. The zero-order valence-electron chi connectivity index (χ0n) is 17.8. The number of thiazole rings is 1. The van der Waals surface area contributed by atoms with Gasteiger partial charge in [-0.05, 0) is 29.8 Å². The fourth-order valence-corrected chi connectivity index (χ4v) is 6.56. The van der Waals surface area contributed by atoms with Gasteiger partial charge in [0.2, 0.25) is 10.0 Å². The molecule has 4 rings (SSSR count). The second-order valence-electron chi connectivity index (χ2n) is 6.76. The first-order valence-electron chi connectivity index (χ1n) is 9.45. The molecule has 1 aromatic heterocycles. The summed E-state index contributed by atoms with van der Waals surface area (Å²) in [5.74, 6) is 0.531. The van der Waals surface area contributed by atoms with Gasteiger partial charge >= 0.3 is 51.4 Å². The fourth-order valence-electron chi connectivity index (χ4n) is 3.00. The monoisotopic (exact) mass is 569 g/mol. The summed E-state index contributed by atoms with van der Waals surface area (Å²) in [6.45, 7) is 0. The molecular formula is C23H14Cl2KN3O2S3. The molecule has 34 heavy (non-hydrogen) atoms. The summed E-state index contributed by atoms with van der Waals surface area (Å²) in [5.41, 5.74) is 3.07. The minimum atomic E-state index is -4.20. The van der Waals surface area contributed by atoms with Crippen LogP contribution in [-0.4, -0.2) is 13.4 Å². The molecular weight excluding hydrogens is 556 g/mol. The Morgan fingerprint density at radius 3 is 2.44 bits per heavy atom. The van der Waals surface area contributed by atoms with Crippen LogP contribution in [0.25, 0.3) is 26.6 Å². The second kappa shape index (κ2) is 12.4. The van der Waals surface area contributed by atoms with Crippen LogP contribution in [0.1, 0.15) is 5.56 Å². The predicted molar refractivity (Wildman–Crippen MR) is 135 cm³/mol. The van der Waals surface area contributed by atoms with Crippen molar-refractivity contribution in [1.82, 2.24) is 4.98 Å². The largest absolute Gasteiger partial charge is 1.00 e. The van der Waals surface area contributed by atoms with Crippen molar-refractivity contribution in [2.45, 2.75) is 15.5 Å². The first-order valence-corrected chi connectivity index (χ1v) is 13.5. The summed E-state index contributed by atoms with van der Waals surface area (Å²) in [4.78, 5) is 4.97. The van der Waals surface area contributed by atoms with Crippen molar-refractivity contribution >= 4 is 56.3 Å². The molecule has 0 spiro atoms. The van der Waals surface area contributed by atoms with Crippen LogP contribution in [0.15, 0.2) is 81.9 Å².